The Hall–Kier alpha value is -1.34. The largest absolute Gasteiger partial charge is 0.393 e. The third-order valence-corrected chi connectivity index (χ3v) is 5.74. The summed E-state index contributed by atoms with van der Waals surface area (Å²) in [6.07, 6.45) is 7.31. The van der Waals surface area contributed by atoms with Gasteiger partial charge in [0, 0.05) is 0 Å². The second-order valence-corrected chi connectivity index (χ2v) is 7.21. The molecule has 2 bridgehead atoms. The van der Waals surface area contributed by atoms with Crippen LogP contribution in [0.2, 0.25) is 0 Å². The van der Waals surface area contributed by atoms with Crippen LogP contribution in [0.5, 0.6) is 0 Å². The minimum absolute atomic E-state index is 0.171. The molecule has 0 radical (unpaired) electrons. The van der Waals surface area contributed by atoms with Crippen molar-refractivity contribution >= 4 is 10.8 Å². The average molecular weight is 280 g/mol. The molecule has 4 rings (SSSR count). The van der Waals surface area contributed by atoms with Crippen molar-refractivity contribution < 1.29 is 5.11 Å². The number of rotatable bonds is 4. The quantitative estimate of drug-likeness (QED) is 0.870. The molecule has 2 aromatic rings. The van der Waals surface area contributed by atoms with E-state index in [1.54, 1.807) is 0 Å². The summed E-state index contributed by atoms with van der Waals surface area (Å²) in [7, 11) is 0. The molecule has 2 saturated carbocycles. The van der Waals surface area contributed by atoms with Gasteiger partial charge in [0.25, 0.3) is 0 Å². The van der Waals surface area contributed by atoms with Gasteiger partial charge in [-0.25, -0.2) is 0 Å². The van der Waals surface area contributed by atoms with Crippen LogP contribution in [0, 0.1) is 17.8 Å². The van der Waals surface area contributed by atoms with E-state index in [0.29, 0.717) is 0 Å². The van der Waals surface area contributed by atoms with Gasteiger partial charge in [0.15, 0.2) is 0 Å². The topological polar surface area (TPSA) is 20.2 Å². The molecule has 1 heteroatoms. The zero-order valence-electron chi connectivity index (χ0n) is 12.5. The first-order chi connectivity index (χ1) is 10.3. The molecule has 2 aliphatic carbocycles. The van der Waals surface area contributed by atoms with Crippen LogP contribution >= 0.6 is 0 Å². The van der Waals surface area contributed by atoms with Crippen LogP contribution in [0.1, 0.15) is 37.7 Å². The van der Waals surface area contributed by atoms with Crippen LogP contribution < -0.4 is 0 Å². The third-order valence-electron chi connectivity index (χ3n) is 5.74. The van der Waals surface area contributed by atoms with E-state index in [1.807, 2.05) is 0 Å². The van der Waals surface area contributed by atoms with E-state index in [0.717, 1.165) is 30.6 Å². The molecular formula is C20H24O. The maximum Gasteiger partial charge on any atom is 0.0583 e. The molecule has 110 valence electrons. The first kappa shape index (κ1) is 13.3. The lowest BCUT2D eigenvalue weighted by atomic mass is 9.84. The molecule has 0 aromatic heterocycles. The fraction of sp³-hybridized carbons (Fsp3) is 0.500. The van der Waals surface area contributed by atoms with Crippen molar-refractivity contribution in [3.63, 3.8) is 0 Å². The Bertz CT molecular complexity index is 633. The van der Waals surface area contributed by atoms with Crippen molar-refractivity contribution in [3.05, 3.63) is 48.0 Å². The minimum atomic E-state index is -0.171. The van der Waals surface area contributed by atoms with Crippen LogP contribution in [-0.4, -0.2) is 11.2 Å². The van der Waals surface area contributed by atoms with E-state index in [1.165, 1.54) is 42.0 Å². The van der Waals surface area contributed by atoms with Crippen molar-refractivity contribution in [1.82, 2.24) is 0 Å². The second kappa shape index (κ2) is 5.46. The minimum Gasteiger partial charge on any atom is -0.393 e. The van der Waals surface area contributed by atoms with Gasteiger partial charge in [-0.05, 0) is 66.2 Å². The summed E-state index contributed by atoms with van der Waals surface area (Å²) in [4.78, 5) is 0. The molecule has 4 unspecified atom stereocenters. The van der Waals surface area contributed by atoms with E-state index < -0.39 is 0 Å². The van der Waals surface area contributed by atoms with Crippen molar-refractivity contribution in [3.8, 4) is 0 Å². The molecule has 2 aliphatic rings. The predicted octanol–water partition coefficient (Wildman–Crippen LogP) is 4.57. The summed E-state index contributed by atoms with van der Waals surface area (Å²) in [6, 6.07) is 15.0. The van der Waals surface area contributed by atoms with Crippen molar-refractivity contribution in [2.75, 3.05) is 0 Å². The summed E-state index contributed by atoms with van der Waals surface area (Å²) in [6.45, 7) is 0. The third kappa shape index (κ3) is 2.72. The summed E-state index contributed by atoms with van der Waals surface area (Å²) in [5, 5.41) is 13.0. The molecule has 2 fully saturated rings. The van der Waals surface area contributed by atoms with Gasteiger partial charge in [0.2, 0.25) is 0 Å². The molecular weight excluding hydrogens is 256 g/mol. The smallest absolute Gasteiger partial charge is 0.0583 e. The number of benzene rings is 2. The van der Waals surface area contributed by atoms with E-state index in [2.05, 4.69) is 42.5 Å². The van der Waals surface area contributed by atoms with Crippen LogP contribution in [0.25, 0.3) is 10.8 Å². The zero-order chi connectivity index (χ0) is 14.2. The highest BCUT2D eigenvalue weighted by atomic mass is 16.3. The molecule has 0 spiro atoms. The Balaban J connectivity index is 1.42. The number of aliphatic hydroxyl groups is 1. The Morgan fingerprint density at radius 2 is 1.86 bits per heavy atom. The summed E-state index contributed by atoms with van der Waals surface area (Å²) < 4.78 is 0. The highest BCUT2D eigenvalue weighted by Crippen LogP contribution is 2.49. The molecule has 0 saturated heterocycles. The highest BCUT2D eigenvalue weighted by Gasteiger charge is 2.39. The fourth-order valence-electron chi connectivity index (χ4n) is 4.74. The fourth-order valence-corrected chi connectivity index (χ4v) is 4.74. The molecule has 1 N–H and O–H groups in total. The summed E-state index contributed by atoms with van der Waals surface area (Å²) >= 11 is 0. The maximum atomic E-state index is 10.5. The highest BCUT2D eigenvalue weighted by molar-refractivity contribution is 5.82. The summed E-state index contributed by atoms with van der Waals surface area (Å²) in [5.74, 6) is 2.69. The lowest BCUT2D eigenvalue weighted by Gasteiger charge is -2.24. The normalized spacial score (nSPS) is 29.1. The van der Waals surface area contributed by atoms with Crippen molar-refractivity contribution in [1.29, 1.82) is 0 Å². The van der Waals surface area contributed by atoms with E-state index in [-0.39, 0.29) is 6.10 Å². The van der Waals surface area contributed by atoms with E-state index in [9.17, 15) is 5.11 Å². The number of hydrogen-bond donors (Lipinski definition) is 1. The maximum absolute atomic E-state index is 10.5. The molecule has 0 heterocycles. The van der Waals surface area contributed by atoms with E-state index >= 15 is 0 Å². The van der Waals surface area contributed by atoms with Crippen LogP contribution in [0.15, 0.2) is 42.5 Å². The van der Waals surface area contributed by atoms with Gasteiger partial charge >= 0.3 is 0 Å². The SMILES string of the molecule is OC(Cc1ccc2ccccc2c1)CC1CC2CCC1C2. The van der Waals surface area contributed by atoms with Gasteiger partial charge in [0.1, 0.15) is 0 Å². The first-order valence-corrected chi connectivity index (χ1v) is 8.43. The standard InChI is InChI=1S/C20H24O/c21-20(13-19-11-14-6-8-18(19)9-14)12-15-5-7-16-3-1-2-4-17(16)10-15/h1-5,7,10,14,18-21H,6,8-9,11-13H2. The Kier molecular flexibility index (Phi) is 3.46. The average Bonchev–Trinajstić information content (AvgIpc) is 3.09. The van der Waals surface area contributed by atoms with Gasteiger partial charge < -0.3 is 5.11 Å². The van der Waals surface area contributed by atoms with Gasteiger partial charge in [0.05, 0.1) is 6.10 Å². The number of aliphatic hydroxyl groups excluding tert-OH is 1. The van der Waals surface area contributed by atoms with Gasteiger partial charge in [-0.1, -0.05) is 48.9 Å². The Labute approximate surface area is 127 Å². The molecule has 2 aromatic carbocycles. The van der Waals surface area contributed by atoms with Crippen LogP contribution in [0.3, 0.4) is 0 Å². The molecule has 0 aliphatic heterocycles. The Morgan fingerprint density at radius 3 is 2.62 bits per heavy atom. The van der Waals surface area contributed by atoms with Crippen molar-refractivity contribution in [2.45, 2.75) is 44.6 Å². The van der Waals surface area contributed by atoms with E-state index in [4.69, 9.17) is 0 Å². The van der Waals surface area contributed by atoms with Gasteiger partial charge in [-0.3, -0.25) is 0 Å². The number of hydrogen-bond acceptors (Lipinski definition) is 1. The first-order valence-electron chi connectivity index (χ1n) is 8.43. The molecule has 1 nitrogen and oxygen atoms in total. The van der Waals surface area contributed by atoms with Gasteiger partial charge in [-0.2, -0.15) is 0 Å². The zero-order valence-corrected chi connectivity index (χ0v) is 12.5. The molecule has 0 amide bonds. The van der Waals surface area contributed by atoms with Gasteiger partial charge in [-0.15, -0.1) is 0 Å². The molecule has 4 atom stereocenters. The lowest BCUT2D eigenvalue weighted by Crippen LogP contribution is -2.20. The second-order valence-electron chi connectivity index (χ2n) is 7.21. The monoisotopic (exact) mass is 280 g/mol. The van der Waals surface area contributed by atoms with Crippen LogP contribution in [-0.2, 0) is 6.42 Å². The van der Waals surface area contributed by atoms with Crippen LogP contribution in [0.4, 0.5) is 0 Å². The predicted molar refractivity (Wildman–Crippen MR) is 87.2 cm³/mol. The number of fused-ring (bicyclic) bond motifs is 3. The van der Waals surface area contributed by atoms with Crippen molar-refractivity contribution in [2.24, 2.45) is 17.8 Å². The lowest BCUT2D eigenvalue weighted by molar-refractivity contribution is 0.124. The summed E-state index contributed by atoms with van der Waals surface area (Å²) in [5.41, 5.74) is 1.27. The Morgan fingerprint density at radius 1 is 1.00 bits per heavy atom. The molecule has 21 heavy (non-hydrogen) atoms.